The lowest BCUT2D eigenvalue weighted by atomic mass is 9.85. The summed E-state index contributed by atoms with van der Waals surface area (Å²) >= 11 is 0. The first-order valence-corrected chi connectivity index (χ1v) is 14.7. The van der Waals surface area contributed by atoms with Gasteiger partial charge in [0.2, 0.25) is 0 Å². The quantitative estimate of drug-likeness (QED) is 0.170. The van der Waals surface area contributed by atoms with Crippen LogP contribution in [0.25, 0.3) is 11.1 Å². The van der Waals surface area contributed by atoms with Gasteiger partial charge in [0.25, 0.3) is 0 Å². The highest BCUT2D eigenvalue weighted by Crippen LogP contribution is 2.37. The van der Waals surface area contributed by atoms with Gasteiger partial charge < -0.3 is 4.90 Å². The Hall–Kier alpha value is -4.02. The third-order valence-corrected chi connectivity index (χ3v) is 6.48. The van der Waals surface area contributed by atoms with E-state index in [1.165, 1.54) is 56.6 Å². The molecule has 40 heavy (non-hydrogen) atoms. The van der Waals surface area contributed by atoms with E-state index in [1.807, 2.05) is 6.92 Å². The van der Waals surface area contributed by atoms with Gasteiger partial charge in [-0.25, -0.2) is 0 Å². The molecule has 0 aliphatic carbocycles. The summed E-state index contributed by atoms with van der Waals surface area (Å²) in [6, 6.07) is 37.6. The number of benzene rings is 4. The Morgan fingerprint density at radius 1 is 0.550 bits per heavy atom. The lowest BCUT2D eigenvalue weighted by Gasteiger charge is -2.22. The molecule has 0 heterocycles. The summed E-state index contributed by atoms with van der Waals surface area (Å²) in [4.78, 5) is 2.39. The zero-order valence-electron chi connectivity index (χ0n) is 25.7. The molecule has 0 radical (unpaired) electrons. The number of rotatable bonds is 7. The predicted octanol–water partition coefficient (Wildman–Crippen LogP) is 10.6. The highest BCUT2D eigenvalue weighted by atomic mass is 15.1. The van der Waals surface area contributed by atoms with Crippen molar-refractivity contribution in [2.75, 3.05) is 18.0 Å². The number of nitrogens with zero attached hydrogens (tertiary/aromatic N) is 1. The molecule has 4 aromatic rings. The molecule has 0 saturated carbocycles. The Labute approximate surface area is 244 Å². The largest absolute Gasteiger partial charge is 0.372 e. The first-order valence-electron chi connectivity index (χ1n) is 14.7. The lowest BCUT2D eigenvalue weighted by molar-refractivity contribution is 0.866. The van der Waals surface area contributed by atoms with Crippen molar-refractivity contribution in [1.82, 2.24) is 0 Å². The van der Waals surface area contributed by atoms with E-state index < -0.39 is 0 Å². The maximum atomic E-state index is 4.78. The Kier molecular flexibility index (Phi) is 14.1. The van der Waals surface area contributed by atoms with E-state index in [-0.39, 0.29) is 0 Å². The Morgan fingerprint density at radius 2 is 0.875 bits per heavy atom. The average Bonchev–Trinajstić information content (AvgIpc) is 2.99. The van der Waals surface area contributed by atoms with Crippen LogP contribution in [-0.2, 0) is 0 Å². The highest BCUT2D eigenvalue weighted by Gasteiger charge is 2.16. The Bertz CT molecular complexity index is 1320. The minimum absolute atomic E-state index is 0.847. The third-order valence-electron chi connectivity index (χ3n) is 6.48. The van der Waals surface area contributed by atoms with Crippen molar-refractivity contribution >= 4 is 16.8 Å². The van der Waals surface area contributed by atoms with E-state index in [0.717, 1.165) is 19.5 Å². The van der Waals surface area contributed by atoms with E-state index in [9.17, 15) is 0 Å². The van der Waals surface area contributed by atoms with Crippen LogP contribution in [0.15, 0.2) is 103 Å². The van der Waals surface area contributed by atoms with Gasteiger partial charge in [-0.15, -0.1) is 12.3 Å². The van der Waals surface area contributed by atoms with Crippen molar-refractivity contribution in [3.8, 4) is 12.3 Å². The summed E-state index contributed by atoms with van der Waals surface area (Å²) in [6.07, 6.45) is 6.88. The average molecular weight is 530 g/mol. The second-order valence-corrected chi connectivity index (χ2v) is 9.83. The van der Waals surface area contributed by atoms with Crippen molar-refractivity contribution < 1.29 is 0 Å². The molecule has 1 nitrogen and oxygen atoms in total. The smallest absolute Gasteiger partial charge is 0.0366 e. The van der Waals surface area contributed by atoms with E-state index in [0.29, 0.717) is 0 Å². The second-order valence-electron chi connectivity index (χ2n) is 9.83. The molecule has 0 fully saturated rings. The van der Waals surface area contributed by atoms with Gasteiger partial charge in [0.05, 0.1) is 0 Å². The monoisotopic (exact) mass is 529 g/mol. The molecule has 208 valence electrons. The third kappa shape index (κ3) is 9.32. The summed E-state index contributed by atoms with van der Waals surface area (Å²) in [5.74, 6) is 2.43. The number of hydrogen-bond donors (Lipinski definition) is 0. The van der Waals surface area contributed by atoms with Crippen molar-refractivity contribution in [2.24, 2.45) is 0 Å². The molecule has 0 unspecified atom stereocenters. The van der Waals surface area contributed by atoms with Crippen LogP contribution < -0.4 is 4.90 Å². The molecule has 0 aromatic heterocycles. The summed E-state index contributed by atoms with van der Waals surface area (Å²) in [7, 11) is 0. The summed E-state index contributed by atoms with van der Waals surface area (Å²) in [5, 5.41) is 0. The van der Waals surface area contributed by atoms with Crippen LogP contribution >= 0.6 is 0 Å². The van der Waals surface area contributed by atoms with Gasteiger partial charge in [0.15, 0.2) is 0 Å². The number of terminal acetylenes is 1. The van der Waals surface area contributed by atoms with Crippen molar-refractivity contribution in [3.05, 3.63) is 137 Å². The van der Waals surface area contributed by atoms with Crippen molar-refractivity contribution in [1.29, 1.82) is 0 Å². The van der Waals surface area contributed by atoms with Crippen LogP contribution in [0.1, 0.15) is 80.8 Å². The van der Waals surface area contributed by atoms with Crippen molar-refractivity contribution in [2.45, 2.75) is 61.3 Å². The molecule has 4 aromatic carbocycles. The molecule has 0 aliphatic rings. The molecule has 0 amide bonds. The zero-order chi connectivity index (χ0) is 29.3. The fourth-order valence-corrected chi connectivity index (χ4v) is 4.38. The molecule has 0 aliphatic heterocycles. The minimum atomic E-state index is 0.847. The van der Waals surface area contributed by atoms with Gasteiger partial charge >= 0.3 is 0 Å². The molecular formula is C39H47N. The van der Waals surface area contributed by atoms with Crippen molar-refractivity contribution in [3.63, 3.8) is 0 Å². The number of aryl methyl sites for hydroxylation is 2. The fourth-order valence-electron chi connectivity index (χ4n) is 4.38. The van der Waals surface area contributed by atoms with E-state index >= 15 is 0 Å². The molecule has 0 atom stereocenters. The van der Waals surface area contributed by atoms with Gasteiger partial charge in [-0.3, -0.25) is 0 Å². The van der Waals surface area contributed by atoms with Crippen LogP contribution in [0.4, 0.5) is 5.69 Å². The van der Waals surface area contributed by atoms with Gasteiger partial charge in [-0.2, -0.15) is 0 Å². The second kappa shape index (κ2) is 17.5. The summed E-state index contributed by atoms with van der Waals surface area (Å²) in [5.41, 5.74) is 11.2. The SMILES string of the molecule is C#CCC.CCC.CCN(CC)c1ccc(/C(=C(/c2ccccc2)c2ccc(C)cc2)c2ccc(C)cc2)cc1. The minimum Gasteiger partial charge on any atom is -0.372 e. The first kappa shape index (κ1) is 32.2. The molecule has 0 bridgehead atoms. The molecular weight excluding hydrogens is 482 g/mol. The van der Waals surface area contributed by atoms with Crippen LogP contribution in [0, 0.1) is 26.2 Å². The van der Waals surface area contributed by atoms with E-state index in [4.69, 9.17) is 6.42 Å². The van der Waals surface area contributed by atoms with Gasteiger partial charge in [-0.05, 0) is 73.2 Å². The number of hydrogen-bond acceptors (Lipinski definition) is 1. The normalized spacial score (nSPS) is 10.7. The van der Waals surface area contributed by atoms with E-state index in [2.05, 4.69) is 155 Å². The molecule has 0 spiro atoms. The van der Waals surface area contributed by atoms with Crippen LogP contribution in [0.3, 0.4) is 0 Å². The van der Waals surface area contributed by atoms with Gasteiger partial charge in [-0.1, -0.05) is 129 Å². The topological polar surface area (TPSA) is 3.24 Å². The highest BCUT2D eigenvalue weighted by molar-refractivity contribution is 6.04. The maximum Gasteiger partial charge on any atom is 0.0366 e. The fraction of sp³-hybridized carbons (Fsp3) is 0.282. The predicted molar refractivity (Wildman–Crippen MR) is 179 cm³/mol. The lowest BCUT2D eigenvalue weighted by Crippen LogP contribution is -2.21. The van der Waals surface area contributed by atoms with Crippen LogP contribution in [0.5, 0.6) is 0 Å². The Morgan fingerprint density at radius 3 is 1.20 bits per heavy atom. The Balaban J connectivity index is 0.000000722. The maximum absolute atomic E-state index is 4.78. The first-order chi connectivity index (χ1) is 19.4. The summed E-state index contributed by atoms with van der Waals surface area (Å²) < 4.78 is 0. The summed E-state index contributed by atoms with van der Waals surface area (Å²) in [6.45, 7) is 16.9. The van der Waals surface area contributed by atoms with Crippen LogP contribution in [0.2, 0.25) is 0 Å². The van der Waals surface area contributed by atoms with Gasteiger partial charge in [0.1, 0.15) is 0 Å². The van der Waals surface area contributed by atoms with Gasteiger partial charge in [0, 0.05) is 25.2 Å². The standard InChI is InChI=1S/C32H33N.C4H6.C3H8/c1-5-33(6-2)30-22-20-29(21-23-30)32(28-18-14-25(4)15-19-28)31(26-10-8-7-9-11-26)27-16-12-24(3)13-17-27;1-3-4-2;1-3-2/h7-23H,5-6H2,1-4H3;1H,4H2,2H3;3H2,1-2H3/b32-31-;;. The van der Waals surface area contributed by atoms with Crippen LogP contribution in [-0.4, -0.2) is 13.1 Å². The molecule has 4 rings (SSSR count). The van der Waals surface area contributed by atoms with E-state index in [1.54, 1.807) is 0 Å². The number of anilines is 1. The molecule has 0 N–H and O–H groups in total. The zero-order valence-corrected chi connectivity index (χ0v) is 25.7. The molecule has 1 heteroatoms. The molecule has 0 saturated heterocycles.